The molecule has 0 aliphatic rings. The Hall–Kier alpha value is -2.11. The standard InChI is InChI=1S/C14H23N3O3/c1-14(2,13(15)17-18)7-8-16-11-6-5-10(19-3)9-12(11)20-4/h5-6,9,16,18H,7-8H2,1-4H3,(H2,15,17). The first-order chi connectivity index (χ1) is 9.44. The van der Waals surface area contributed by atoms with E-state index in [4.69, 9.17) is 20.4 Å². The molecule has 6 nitrogen and oxygen atoms in total. The Kier molecular flexibility index (Phi) is 5.49. The van der Waals surface area contributed by atoms with Crippen LogP contribution >= 0.6 is 0 Å². The van der Waals surface area contributed by atoms with Gasteiger partial charge in [-0.3, -0.25) is 0 Å². The number of benzene rings is 1. The molecule has 0 bridgehead atoms. The van der Waals surface area contributed by atoms with Crippen molar-refractivity contribution in [3.8, 4) is 11.5 Å². The largest absolute Gasteiger partial charge is 0.497 e. The van der Waals surface area contributed by atoms with Gasteiger partial charge in [-0.05, 0) is 18.6 Å². The highest BCUT2D eigenvalue weighted by Crippen LogP contribution is 2.29. The second-order valence-electron chi connectivity index (χ2n) is 5.11. The van der Waals surface area contributed by atoms with Crippen LogP contribution in [-0.4, -0.2) is 31.8 Å². The lowest BCUT2D eigenvalue weighted by Gasteiger charge is -2.23. The molecule has 0 radical (unpaired) electrons. The Morgan fingerprint density at radius 2 is 2.05 bits per heavy atom. The van der Waals surface area contributed by atoms with E-state index in [1.54, 1.807) is 14.2 Å². The first kappa shape index (κ1) is 15.9. The van der Waals surface area contributed by atoms with Gasteiger partial charge in [0.25, 0.3) is 0 Å². The Bertz CT molecular complexity index is 473. The third kappa shape index (κ3) is 3.94. The van der Waals surface area contributed by atoms with Gasteiger partial charge in [0.2, 0.25) is 0 Å². The van der Waals surface area contributed by atoms with E-state index in [2.05, 4.69) is 10.5 Å². The minimum atomic E-state index is -0.374. The van der Waals surface area contributed by atoms with E-state index in [-0.39, 0.29) is 11.3 Å². The normalized spacial score (nSPS) is 12.1. The first-order valence-corrected chi connectivity index (χ1v) is 6.38. The maximum atomic E-state index is 8.74. The van der Waals surface area contributed by atoms with Gasteiger partial charge in [0.15, 0.2) is 0 Å². The maximum Gasteiger partial charge on any atom is 0.145 e. The molecule has 0 heterocycles. The third-order valence-electron chi connectivity index (χ3n) is 3.28. The molecule has 1 aromatic carbocycles. The molecule has 6 heteroatoms. The van der Waals surface area contributed by atoms with Gasteiger partial charge in [0.05, 0.1) is 19.9 Å². The molecule has 112 valence electrons. The van der Waals surface area contributed by atoms with Crippen LogP contribution in [0.25, 0.3) is 0 Å². The number of anilines is 1. The minimum absolute atomic E-state index is 0.223. The average Bonchev–Trinajstić information content (AvgIpc) is 2.46. The average molecular weight is 281 g/mol. The molecule has 0 saturated carbocycles. The number of nitrogens with zero attached hydrogens (tertiary/aromatic N) is 1. The van der Waals surface area contributed by atoms with Crippen molar-refractivity contribution < 1.29 is 14.7 Å². The van der Waals surface area contributed by atoms with Crippen molar-refractivity contribution in [1.29, 1.82) is 0 Å². The summed E-state index contributed by atoms with van der Waals surface area (Å²) in [6.45, 7) is 4.52. The molecule has 1 rings (SSSR count). The highest BCUT2D eigenvalue weighted by molar-refractivity contribution is 5.85. The molecular weight excluding hydrogens is 258 g/mol. The van der Waals surface area contributed by atoms with E-state index in [9.17, 15) is 0 Å². The second kappa shape index (κ2) is 6.88. The van der Waals surface area contributed by atoms with Gasteiger partial charge in [0.1, 0.15) is 17.3 Å². The van der Waals surface area contributed by atoms with Crippen LogP contribution in [0.4, 0.5) is 5.69 Å². The Morgan fingerprint density at radius 3 is 2.60 bits per heavy atom. The third-order valence-corrected chi connectivity index (χ3v) is 3.28. The van der Waals surface area contributed by atoms with Crippen molar-refractivity contribution in [1.82, 2.24) is 0 Å². The molecule has 0 fully saturated rings. The zero-order valence-corrected chi connectivity index (χ0v) is 12.4. The van der Waals surface area contributed by atoms with Gasteiger partial charge in [-0.25, -0.2) is 0 Å². The van der Waals surface area contributed by atoms with Gasteiger partial charge in [-0.15, -0.1) is 0 Å². The number of amidine groups is 1. The minimum Gasteiger partial charge on any atom is -0.497 e. The number of nitrogens with one attached hydrogen (secondary N) is 1. The van der Waals surface area contributed by atoms with E-state index in [1.807, 2.05) is 32.0 Å². The molecule has 0 atom stereocenters. The molecule has 0 aromatic heterocycles. The van der Waals surface area contributed by atoms with Crippen LogP contribution in [0.15, 0.2) is 23.4 Å². The number of methoxy groups -OCH3 is 2. The van der Waals surface area contributed by atoms with E-state index >= 15 is 0 Å². The number of nitrogens with two attached hydrogens (primary N) is 1. The lowest BCUT2D eigenvalue weighted by atomic mass is 9.88. The first-order valence-electron chi connectivity index (χ1n) is 6.38. The number of oxime groups is 1. The Morgan fingerprint density at radius 1 is 1.35 bits per heavy atom. The topological polar surface area (TPSA) is 89.1 Å². The number of hydrogen-bond acceptors (Lipinski definition) is 5. The molecule has 0 aliphatic carbocycles. The zero-order chi connectivity index (χ0) is 15.2. The van der Waals surface area contributed by atoms with Crippen molar-refractivity contribution in [2.45, 2.75) is 20.3 Å². The lowest BCUT2D eigenvalue weighted by Crippen LogP contribution is -2.33. The summed E-state index contributed by atoms with van der Waals surface area (Å²) < 4.78 is 10.5. The molecule has 1 aromatic rings. The second-order valence-corrected chi connectivity index (χ2v) is 5.11. The molecule has 0 unspecified atom stereocenters. The van der Waals surface area contributed by atoms with Crippen LogP contribution in [0.1, 0.15) is 20.3 Å². The smallest absolute Gasteiger partial charge is 0.145 e. The molecule has 0 spiro atoms. The predicted molar refractivity (Wildman–Crippen MR) is 79.8 cm³/mol. The fourth-order valence-electron chi connectivity index (χ4n) is 1.72. The van der Waals surface area contributed by atoms with E-state index in [0.717, 1.165) is 17.9 Å². The summed E-state index contributed by atoms with van der Waals surface area (Å²) in [6.07, 6.45) is 0.720. The molecule has 0 saturated heterocycles. The van der Waals surface area contributed by atoms with Gasteiger partial charge in [0, 0.05) is 18.0 Å². The van der Waals surface area contributed by atoms with Crippen molar-refractivity contribution in [3.05, 3.63) is 18.2 Å². The zero-order valence-electron chi connectivity index (χ0n) is 12.4. The van der Waals surface area contributed by atoms with E-state index in [0.29, 0.717) is 12.3 Å². The van der Waals surface area contributed by atoms with Crippen LogP contribution < -0.4 is 20.5 Å². The Balaban J connectivity index is 2.67. The van der Waals surface area contributed by atoms with Crippen molar-refractivity contribution >= 4 is 11.5 Å². The Labute approximate surface area is 119 Å². The van der Waals surface area contributed by atoms with Crippen molar-refractivity contribution in [3.63, 3.8) is 0 Å². The van der Waals surface area contributed by atoms with Gasteiger partial charge >= 0.3 is 0 Å². The fraction of sp³-hybridized carbons (Fsp3) is 0.500. The SMILES string of the molecule is COc1ccc(NCCC(C)(C)C(N)=NO)c(OC)c1. The predicted octanol–water partition coefficient (Wildman–Crippen LogP) is 2.28. The van der Waals surface area contributed by atoms with Crippen LogP contribution in [0.3, 0.4) is 0 Å². The summed E-state index contributed by atoms with van der Waals surface area (Å²) in [5.74, 6) is 1.68. The monoisotopic (exact) mass is 281 g/mol. The molecule has 4 N–H and O–H groups in total. The van der Waals surface area contributed by atoms with Gasteiger partial charge in [-0.2, -0.15) is 0 Å². The lowest BCUT2D eigenvalue weighted by molar-refractivity contribution is 0.306. The molecule has 0 amide bonds. The summed E-state index contributed by atoms with van der Waals surface area (Å²) in [5.41, 5.74) is 6.16. The summed E-state index contributed by atoms with van der Waals surface area (Å²) in [6, 6.07) is 5.57. The van der Waals surface area contributed by atoms with E-state index < -0.39 is 0 Å². The number of rotatable bonds is 7. The highest BCUT2D eigenvalue weighted by atomic mass is 16.5. The van der Waals surface area contributed by atoms with Crippen LogP contribution in [0, 0.1) is 5.41 Å². The number of ether oxygens (including phenoxy) is 2. The summed E-state index contributed by atoms with van der Waals surface area (Å²) in [4.78, 5) is 0. The van der Waals surface area contributed by atoms with Gasteiger partial charge < -0.3 is 25.7 Å². The summed E-state index contributed by atoms with van der Waals surface area (Å²) in [7, 11) is 3.22. The van der Waals surface area contributed by atoms with Crippen molar-refractivity contribution in [2.75, 3.05) is 26.1 Å². The quantitative estimate of drug-likeness (QED) is 0.309. The van der Waals surface area contributed by atoms with Crippen LogP contribution in [0.2, 0.25) is 0 Å². The summed E-state index contributed by atoms with van der Waals surface area (Å²) >= 11 is 0. The summed E-state index contributed by atoms with van der Waals surface area (Å²) in [5, 5.41) is 15.1. The van der Waals surface area contributed by atoms with Crippen LogP contribution in [0.5, 0.6) is 11.5 Å². The highest BCUT2D eigenvalue weighted by Gasteiger charge is 2.23. The molecular formula is C14H23N3O3. The van der Waals surface area contributed by atoms with Gasteiger partial charge in [-0.1, -0.05) is 19.0 Å². The molecule has 0 aliphatic heterocycles. The number of hydrogen-bond donors (Lipinski definition) is 3. The van der Waals surface area contributed by atoms with Crippen LogP contribution in [-0.2, 0) is 0 Å². The fourth-order valence-corrected chi connectivity index (χ4v) is 1.72. The molecule has 20 heavy (non-hydrogen) atoms. The van der Waals surface area contributed by atoms with E-state index in [1.165, 1.54) is 0 Å². The maximum absolute atomic E-state index is 8.74. The van der Waals surface area contributed by atoms with Crippen molar-refractivity contribution in [2.24, 2.45) is 16.3 Å².